The van der Waals surface area contributed by atoms with E-state index in [1.54, 1.807) is 6.92 Å². The number of esters is 1. The van der Waals surface area contributed by atoms with Gasteiger partial charge in [-0.2, -0.15) is 0 Å². The molecular formula is C13H16N2O6. The Kier molecular flexibility index (Phi) is 4.96. The van der Waals surface area contributed by atoms with Crippen molar-refractivity contribution >= 4 is 17.4 Å². The summed E-state index contributed by atoms with van der Waals surface area (Å²) >= 11 is 0. The second-order valence-electron chi connectivity index (χ2n) is 4.85. The second kappa shape index (κ2) is 6.29. The van der Waals surface area contributed by atoms with E-state index in [4.69, 9.17) is 4.74 Å². The molecule has 1 heterocycles. The predicted octanol–water partition coefficient (Wildman–Crippen LogP) is 0.915. The highest BCUT2D eigenvalue weighted by Crippen LogP contribution is 2.19. The first-order valence-corrected chi connectivity index (χ1v) is 6.26. The first-order valence-electron chi connectivity index (χ1n) is 6.26. The zero-order chi connectivity index (χ0) is 16.2. The van der Waals surface area contributed by atoms with Gasteiger partial charge < -0.3 is 9.30 Å². The Morgan fingerprint density at radius 1 is 1.43 bits per heavy atom. The fraction of sp³-hybridized carbons (Fsp3) is 0.462. The van der Waals surface area contributed by atoms with E-state index in [0.29, 0.717) is 0 Å². The fourth-order valence-electron chi connectivity index (χ4n) is 1.57. The Morgan fingerprint density at radius 2 is 2.05 bits per heavy atom. The lowest BCUT2D eigenvalue weighted by molar-refractivity contribution is -0.386. The normalized spacial score (nSPS) is 11.0. The number of pyridine rings is 1. The zero-order valence-corrected chi connectivity index (χ0v) is 12.0. The highest BCUT2D eigenvalue weighted by molar-refractivity contribution is 6.02. The van der Waals surface area contributed by atoms with Gasteiger partial charge in [0.05, 0.1) is 18.1 Å². The lowest BCUT2D eigenvalue weighted by Crippen LogP contribution is -2.39. The summed E-state index contributed by atoms with van der Waals surface area (Å²) in [6.07, 6.45) is 1.26. The maximum absolute atomic E-state index is 12.2. The maximum atomic E-state index is 12.2. The van der Waals surface area contributed by atoms with E-state index in [1.807, 2.05) is 0 Å². The molecular weight excluding hydrogens is 280 g/mol. The van der Waals surface area contributed by atoms with Crippen molar-refractivity contribution in [2.24, 2.45) is 5.41 Å². The summed E-state index contributed by atoms with van der Waals surface area (Å²) < 4.78 is 5.71. The van der Waals surface area contributed by atoms with Crippen molar-refractivity contribution in [3.63, 3.8) is 0 Å². The molecule has 0 spiro atoms. The molecule has 114 valence electrons. The van der Waals surface area contributed by atoms with Gasteiger partial charge in [-0.1, -0.05) is 0 Å². The van der Waals surface area contributed by atoms with Crippen molar-refractivity contribution in [1.29, 1.82) is 0 Å². The molecule has 0 aliphatic carbocycles. The van der Waals surface area contributed by atoms with E-state index in [9.17, 15) is 24.5 Å². The molecule has 0 atom stereocenters. The third kappa shape index (κ3) is 3.53. The van der Waals surface area contributed by atoms with Crippen LogP contribution in [0, 0.1) is 15.5 Å². The minimum atomic E-state index is -1.43. The number of aromatic nitrogens is 1. The van der Waals surface area contributed by atoms with E-state index in [2.05, 4.69) is 0 Å². The number of nitro groups is 1. The van der Waals surface area contributed by atoms with E-state index in [-0.39, 0.29) is 6.61 Å². The highest BCUT2D eigenvalue weighted by atomic mass is 16.6. The molecule has 1 aromatic heterocycles. The average Bonchev–Trinajstić information content (AvgIpc) is 2.40. The molecule has 0 saturated heterocycles. The van der Waals surface area contributed by atoms with E-state index in [0.717, 1.165) is 10.6 Å². The van der Waals surface area contributed by atoms with Crippen LogP contribution in [0.5, 0.6) is 0 Å². The monoisotopic (exact) mass is 296 g/mol. The quantitative estimate of drug-likeness (QED) is 0.334. The van der Waals surface area contributed by atoms with Crippen molar-refractivity contribution in [1.82, 2.24) is 4.57 Å². The summed E-state index contributed by atoms with van der Waals surface area (Å²) in [6, 6.07) is 2.35. The van der Waals surface area contributed by atoms with Crippen LogP contribution in [0.4, 0.5) is 5.69 Å². The van der Waals surface area contributed by atoms with Crippen molar-refractivity contribution < 1.29 is 19.2 Å². The molecule has 0 radical (unpaired) electrons. The minimum Gasteiger partial charge on any atom is -0.465 e. The molecule has 0 aliphatic rings. The van der Waals surface area contributed by atoms with Crippen LogP contribution >= 0.6 is 0 Å². The van der Waals surface area contributed by atoms with Gasteiger partial charge in [-0.05, 0) is 26.8 Å². The Hall–Kier alpha value is -2.51. The average molecular weight is 296 g/mol. The van der Waals surface area contributed by atoms with Crippen LogP contribution in [0.3, 0.4) is 0 Å². The molecule has 0 amide bonds. The molecule has 1 aromatic rings. The number of carbonyl (C=O) groups is 2. The number of ketones is 1. The Balaban J connectivity index is 3.04. The first kappa shape index (κ1) is 16.5. The third-order valence-electron chi connectivity index (χ3n) is 2.99. The van der Waals surface area contributed by atoms with Crippen LogP contribution in [0.25, 0.3) is 0 Å². The van der Waals surface area contributed by atoms with Gasteiger partial charge in [0.25, 0.3) is 0 Å². The lowest BCUT2D eigenvalue weighted by atomic mass is 9.88. The Morgan fingerprint density at radius 3 is 2.57 bits per heavy atom. The summed E-state index contributed by atoms with van der Waals surface area (Å²) in [6.45, 7) is 4.08. The van der Waals surface area contributed by atoms with Crippen LogP contribution < -0.4 is 5.56 Å². The summed E-state index contributed by atoms with van der Waals surface area (Å²) in [5.74, 6) is -1.27. The maximum Gasteiger partial charge on any atom is 0.334 e. The van der Waals surface area contributed by atoms with Gasteiger partial charge in [0.1, 0.15) is 5.41 Å². The molecule has 0 unspecified atom stereocenters. The molecule has 0 aliphatic heterocycles. The topological polar surface area (TPSA) is 109 Å². The van der Waals surface area contributed by atoms with Crippen LogP contribution in [0.15, 0.2) is 23.1 Å². The van der Waals surface area contributed by atoms with Crippen molar-refractivity contribution in [2.75, 3.05) is 6.61 Å². The minimum absolute atomic E-state index is 0.131. The number of hydrogen-bond donors (Lipinski definition) is 0. The van der Waals surface area contributed by atoms with Crippen LogP contribution in [0.2, 0.25) is 0 Å². The molecule has 0 fully saturated rings. The number of hydrogen-bond acceptors (Lipinski definition) is 6. The fourth-order valence-corrected chi connectivity index (χ4v) is 1.57. The Labute approximate surface area is 120 Å². The predicted molar refractivity (Wildman–Crippen MR) is 72.8 cm³/mol. The summed E-state index contributed by atoms with van der Waals surface area (Å²) in [5.41, 5.74) is -2.95. The zero-order valence-electron chi connectivity index (χ0n) is 12.0. The SMILES string of the molecule is CCOC(=O)C(C)(C)C(=O)Cn1cccc([N+](=O)[O-])c1=O. The lowest BCUT2D eigenvalue weighted by Gasteiger charge is -2.21. The summed E-state index contributed by atoms with van der Waals surface area (Å²) in [4.78, 5) is 45.6. The van der Waals surface area contributed by atoms with Crippen molar-refractivity contribution in [3.05, 3.63) is 38.8 Å². The van der Waals surface area contributed by atoms with Crippen molar-refractivity contribution in [2.45, 2.75) is 27.3 Å². The van der Waals surface area contributed by atoms with Gasteiger partial charge in [-0.15, -0.1) is 0 Å². The van der Waals surface area contributed by atoms with E-state index < -0.39 is 39.9 Å². The Bertz CT molecular complexity index is 632. The van der Waals surface area contributed by atoms with Gasteiger partial charge in [-0.3, -0.25) is 24.5 Å². The van der Waals surface area contributed by atoms with Gasteiger partial charge in [0.2, 0.25) is 0 Å². The number of carbonyl (C=O) groups excluding carboxylic acids is 2. The van der Waals surface area contributed by atoms with E-state index in [1.165, 1.54) is 26.1 Å². The third-order valence-corrected chi connectivity index (χ3v) is 2.99. The smallest absolute Gasteiger partial charge is 0.334 e. The largest absolute Gasteiger partial charge is 0.465 e. The number of Topliss-reactive ketones (excluding diaryl/α,β-unsaturated/α-hetero) is 1. The molecule has 0 N–H and O–H groups in total. The van der Waals surface area contributed by atoms with Gasteiger partial charge in [0, 0.05) is 12.3 Å². The number of rotatable bonds is 6. The van der Waals surface area contributed by atoms with Crippen LogP contribution in [0.1, 0.15) is 20.8 Å². The molecule has 0 aromatic carbocycles. The standard InChI is InChI=1S/C13H16N2O6/c1-4-21-12(18)13(2,3)10(16)8-14-7-5-6-9(11(14)17)15(19)20/h5-7H,4,8H2,1-3H3. The molecule has 8 heteroatoms. The summed E-state index contributed by atoms with van der Waals surface area (Å²) in [7, 11) is 0. The summed E-state index contributed by atoms with van der Waals surface area (Å²) in [5, 5.41) is 10.7. The number of ether oxygens (including phenoxy) is 1. The molecule has 1 rings (SSSR count). The van der Waals surface area contributed by atoms with E-state index >= 15 is 0 Å². The highest BCUT2D eigenvalue weighted by Gasteiger charge is 2.37. The first-order chi connectivity index (χ1) is 9.71. The van der Waals surface area contributed by atoms with Gasteiger partial charge in [0.15, 0.2) is 5.78 Å². The molecule has 21 heavy (non-hydrogen) atoms. The van der Waals surface area contributed by atoms with Crippen LogP contribution in [-0.4, -0.2) is 27.8 Å². The van der Waals surface area contributed by atoms with Gasteiger partial charge >= 0.3 is 17.2 Å². The van der Waals surface area contributed by atoms with Crippen molar-refractivity contribution in [3.8, 4) is 0 Å². The second-order valence-corrected chi connectivity index (χ2v) is 4.85. The van der Waals surface area contributed by atoms with Crippen LogP contribution in [-0.2, 0) is 20.9 Å². The molecule has 8 nitrogen and oxygen atoms in total. The number of nitrogens with zero attached hydrogens (tertiary/aromatic N) is 2. The van der Waals surface area contributed by atoms with Gasteiger partial charge in [-0.25, -0.2) is 0 Å². The molecule has 0 bridgehead atoms. The molecule has 0 saturated carbocycles.